The van der Waals surface area contributed by atoms with Gasteiger partial charge in [-0.1, -0.05) is 30.3 Å². The first kappa shape index (κ1) is 16.5. The molecule has 1 saturated heterocycles. The van der Waals surface area contributed by atoms with Gasteiger partial charge in [-0.15, -0.1) is 0 Å². The zero-order chi connectivity index (χ0) is 17.2. The van der Waals surface area contributed by atoms with Crippen molar-refractivity contribution in [3.63, 3.8) is 0 Å². The highest BCUT2D eigenvalue weighted by Crippen LogP contribution is 2.25. The van der Waals surface area contributed by atoms with E-state index in [0.29, 0.717) is 19.0 Å². The van der Waals surface area contributed by atoms with Crippen LogP contribution in [0.15, 0.2) is 40.9 Å². The van der Waals surface area contributed by atoms with Gasteiger partial charge in [-0.2, -0.15) is 0 Å². The number of ether oxygens (including phenoxy) is 1. The van der Waals surface area contributed by atoms with Gasteiger partial charge < -0.3 is 14.2 Å². The highest BCUT2D eigenvalue weighted by atomic mass is 16.5. The molecule has 1 fully saturated rings. The minimum absolute atomic E-state index is 0.117. The van der Waals surface area contributed by atoms with Crippen LogP contribution in [0.25, 0.3) is 0 Å². The summed E-state index contributed by atoms with van der Waals surface area (Å²) < 4.78 is 10.1. The molecule has 2 aromatic rings. The van der Waals surface area contributed by atoms with E-state index in [9.17, 15) is 4.79 Å². The van der Waals surface area contributed by atoms with E-state index < -0.39 is 0 Å². The summed E-state index contributed by atoms with van der Waals surface area (Å²) in [5.41, 5.74) is 1.17. The number of benzene rings is 1. The first-order valence-electron chi connectivity index (χ1n) is 8.08. The smallest absolute Gasteiger partial charge is 0.292 e. The molecule has 0 radical (unpaired) electrons. The summed E-state index contributed by atoms with van der Waals surface area (Å²) in [4.78, 5) is 16.8. The maximum Gasteiger partial charge on any atom is 0.292 e. The molecule has 0 spiro atoms. The Kier molecular flexibility index (Phi) is 4.57. The summed E-state index contributed by atoms with van der Waals surface area (Å²) in [6.45, 7) is 7.33. The molecule has 24 heavy (non-hydrogen) atoms. The van der Waals surface area contributed by atoms with Crippen LogP contribution in [-0.2, 0) is 6.54 Å². The Morgan fingerprint density at radius 1 is 1.29 bits per heavy atom. The molecule has 0 saturated carbocycles. The summed E-state index contributed by atoms with van der Waals surface area (Å²) >= 11 is 0. The van der Waals surface area contributed by atoms with Gasteiger partial charge in [0, 0.05) is 31.7 Å². The minimum Gasteiger partial charge on any atom is -0.479 e. The number of aromatic nitrogens is 1. The third-order valence-electron chi connectivity index (χ3n) is 4.49. The second kappa shape index (κ2) is 6.65. The Labute approximate surface area is 142 Å². The van der Waals surface area contributed by atoms with Crippen LogP contribution in [0.2, 0.25) is 0 Å². The molecule has 3 rings (SSSR count). The summed E-state index contributed by atoms with van der Waals surface area (Å²) in [7, 11) is 1.50. The maximum atomic E-state index is 12.6. The minimum atomic E-state index is -0.141. The van der Waals surface area contributed by atoms with Crippen molar-refractivity contribution in [1.29, 1.82) is 0 Å². The number of nitrogens with zero attached hydrogens (tertiary/aromatic N) is 3. The summed E-state index contributed by atoms with van der Waals surface area (Å²) in [6.07, 6.45) is 0. The number of carbonyl (C=O) groups is 1. The van der Waals surface area contributed by atoms with Crippen LogP contribution < -0.4 is 4.74 Å². The number of amides is 1. The Hall–Kier alpha value is -2.34. The number of piperazine rings is 1. The van der Waals surface area contributed by atoms with Crippen LogP contribution in [0.3, 0.4) is 0 Å². The van der Waals surface area contributed by atoms with Crippen LogP contribution in [0.1, 0.15) is 30.0 Å². The second-order valence-corrected chi connectivity index (χ2v) is 6.68. The molecule has 0 unspecified atom stereocenters. The normalized spacial score (nSPS) is 17.7. The lowest BCUT2D eigenvalue weighted by atomic mass is 9.97. The van der Waals surface area contributed by atoms with E-state index in [-0.39, 0.29) is 17.2 Å². The number of hydrogen-bond acceptors (Lipinski definition) is 5. The summed E-state index contributed by atoms with van der Waals surface area (Å²) in [6, 6.07) is 11.9. The van der Waals surface area contributed by atoms with E-state index in [1.54, 1.807) is 0 Å². The second-order valence-electron chi connectivity index (χ2n) is 6.68. The number of hydrogen-bond donors (Lipinski definition) is 0. The van der Waals surface area contributed by atoms with Crippen molar-refractivity contribution in [2.45, 2.75) is 25.9 Å². The molecule has 1 aliphatic heterocycles. The van der Waals surface area contributed by atoms with E-state index in [1.165, 1.54) is 18.7 Å². The van der Waals surface area contributed by atoms with Crippen LogP contribution in [-0.4, -0.2) is 53.1 Å². The van der Waals surface area contributed by atoms with Gasteiger partial charge in [0.1, 0.15) is 0 Å². The molecule has 128 valence electrons. The molecule has 6 nitrogen and oxygen atoms in total. The van der Waals surface area contributed by atoms with Gasteiger partial charge in [0.2, 0.25) is 5.76 Å². The Morgan fingerprint density at radius 3 is 2.67 bits per heavy atom. The summed E-state index contributed by atoms with van der Waals surface area (Å²) in [5.74, 6) is 0.401. The fourth-order valence-corrected chi connectivity index (χ4v) is 3.07. The molecule has 1 amide bonds. The molecule has 0 bridgehead atoms. The van der Waals surface area contributed by atoms with Crippen molar-refractivity contribution < 1.29 is 14.1 Å². The van der Waals surface area contributed by atoms with E-state index in [0.717, 1.165) is 13.1 Å². The van der Waals surface area contributed by atoms with Crippen LogP contribution in [0.5, 0.6) is 5.88 Å². The lowest BCUT2D eigenvalue weighted by molar-refractivity contribution is 0.0118. The zero-order valence-electron chi connectivity index (χ0n) is 14.4. The fraction of sp³-hybridized carbons (Fsp3) is 0.444. The fourth-order valence-electron chi connectivity index (χ4n) is 3.07. The van der Waals surface area contributed by atoms with Gasteiger partial charge >= 0.3 is 0 Å². The molecule has 0 atom stereocenters. The van der Waals surface area contributed by atoms with Gasteiger partial charge in [0.15, 0.2) is 0 Å². The molecule has 2 heterocycles. The van der Waals surface area contributed by atoms with Crippen molar-refractivity contribution in [2.24, 2.45) is 0 Å². The Morgan fingerprint density at radius 2 is 2.04 bits per heavy atom. The standard InChI is InChI=1S/C18H23N3O3/c1-18(2)13-20(17(22)15-11-16(23-3)19-24-15)9-10-21(18)12-14-7-5-4-6-8-14/h4-8,11H,9-10,12-13H2,1-3H3. The highest BCUT2D eigenvalue weighted by molar-refractivity contribution is 5.91. The van der Waals surface area contributed by atoms with E-state index in [4.69, 9.17) is 9.26 Å². The van der Waals surface area contributed by atoms with E-state index in [1.807, 2.05) is 11.0 Å². The Bertz CT molecular complexity index is 697. The van der Waals surface area contributed by atoms with E-state index >= 15 is 0 Å². The maximum absolute atomic E-state index is 12.6. The van der Waals surface area contributed by atoms with Crippen molar-refractivity contribution in [3.8, 4) is 5.88 Å². The number of carbonyl (C=O) groups excluding carboxylic acids is 1. The van der Waals surface area contributed by atoms with E-state index in [2.05, 4.69) is 48.2 Å². The SMILES string of the molecule is COc1cc(C(=O)N2CCN(Cc3ccccc3)C(C)(C)C2)on1. The average molecular weight is 329 g/mol. The van der Waals surface area contributed by atoms with Gasteiger partial charge in [-0.3, -0.25) is 9.69 Å². The highest BCUT2D eigenvalue weighted by Gasteiger charge is 2.36. The van der Waals surface area contributed by atoms with Crippen molar-refractivity contribution in [3.05, 3.63) is 47.7 Å². The molecular weight excluding hydrogens is 306 g/mol. The lowest BCUT2D eigenvalue weighted by Gasteiger charge is -2.47. The van der Waals surface area contributed by atoms with Crippen molar-refractivity contribution in [1.82, 2.24) is 15.0 Å². The monoisotopic (exact) mass is 329 g/mol. The molecule has 6 heteroatoms. The number of rotatable bonds is 4. The first-order valence-corrected chi connectivity index (χ1v) is 8.08. The topological polar surface area (TPSA) is 58.8 Å². The largest absolute Gasteiger partial charge is 0.479 e. The predicted octanol–water partition coefficient (Wildman–Crippen LogP) is 2.42. The van der Waals surface area contributed by atoms with Crippen molar-refractivity contribution >= 4 is 5.91 Å². The summed E-state index contributed by atoms with van der Waals surface area (Å²) in [5, 5.41) is 3.70. The molecule has 1 aromatic heterocycles. The molecule has 1 aromatic carbocycles. The number of methoxy groups -OCH3 is 1. The van der Waals surface area contributed by atoms with Gasteiger partial charge in [0.05, 0.1) is 13.2 Å². The third kappa shape index (κ3) is 3.43. The zero-order valence-corrected chi connectivity index (χ0v) is 14.4. The average Bonchev–Trinajstić information content (AvgIpc) is 3.06. The third-order valence-corrected chi connectivity index (χ3v) is 4.49. The molecule has 1 aliphatic rings. The van der Waals surface area contributed by atoms with Crippen molar-refractivity contribution in [2.75, 3.05) is 26.7 Å². The molecule has 0 aliphatic carbocycles. The van der Waals surface area contributed by atoms with Gasteiger partial charge in [0.25, 0.3) is 11.8 Å². The molecular formula is C18H23N3O3. The van der Waals surface area contributed by atoms with Crippen LogP contribution in [0.4, 0.5) is 0 Å². The van der Waals surface area contributed by atoms with Gasteiger partial charge in [-0.05, 0) is 24.6 Å². The quantitative estimate of drug-likeness (QED) is 0.862. The van der Waals surface area contributed by atoms with Crippen LogP contribution in [0, 0.1) is 0 Å². The predicted molar refractivity (Wildman–Crippen MR) is 89.9 cm³/mol. The lowest BCUT2D eigenvalue weighted by Crippen LogP contribution is -2.59. The first-order chi connectivity index (χ1) is 11.5. The Balaban J connectivity index is 1.67. The van der Waals surface area contributed by atoms with Crippen LogP contribution >= 0.6 is 0 Å². The van der Waals surface area contributed by atoms with Gasteiger partial charge in [-0.25, -0.2) is 0 Å². The molecule has 0 N–H and O–H groups in total.